The van der Waals surface area contributed by atoms with E-state index in [1.54, 1.807) is 0 Å². The number of anilines is 1. The van der Waals surface area contributed by atoms with Gasteiger partial charge in [0.05, 0.1) is 11.4 Å². The minimum absolute atomic E-state index is 0.222. The first-order valence-corrected chi connectivity index (χ1v) is 8.99. The van der Waals surface area contributed by atoms with E-state index in [-0.39, 0.29) is 6.03 Å². The average molecular weight is 367 g/mol. The predicted molar refractivity (Wildman–Crippen MR) is 104 cm³/mol. The lowest BCUT2D eigenvalue weighted by atomic mass is 10.2. The van der Waals surface area contributed by atoms with Crippen LogP contribution in [0.15, 0.2) is 30.3 Å². The van der Waals surface area contributed by atoms with Crippen LogP contribution in [-0.2, 0) is 6.54 Å². The molecule has 0 aliphatic rings. The molecule has 2 N–H and O–H groups in total. The molecule has 1 aromatic carbocycles. The van der Waals surface area contributed by atoms with E-state index in [0.29, 0.717) is 6.54 Å². The van der Waals surface area contributed by atoms with Crippen LogP contribution in [0, 0.1) is 27.7 Å². The second-order valence-corrected chi connectivity index (χ2v) is 6.55. The van der Waals surface area contributed by atoms with E-state index < -0.39 is 0 Å². The van der Waals surface area contributed by atoms with Crippen LogP contribution in [0.3, 0.4) is 0 Å². The Balaban J connectivity index is 1.46. The minimum atomic E-state index is -0.222. The van der Waals surface area contributed by atoms with Crippen LogP contribution < -0.4 is 10.6 Å². The number of nitrogens with zero attached hydrogens (tertiary/aromatic N) is 5. The van der Waals surface area contributed by atoms with E-state index in [0.717, 1.165) is 47.4 Å². The Kier molecular flexibility index (Phi) is 5.54. The van der Waals surface area contributed by atoms with E-state index in [2.05, 4.69) is 25.8 Å². The summed E-state index contributed by atoms with van der Waals surface area (Å²) in [5.41, 5.74) is 3.75. The number of urea groups is 1. The van der Waals surface area contributed by atoms with Gasteiger partial charge in [-0.25, -0.2) is 14.5 Å². The Morgan fingerprint density at radius 2 is 1.81 bits per heavy atom. The van der Waals surface area contributed by atoms with Crippen LogP contribution in [0.4, 0.5) is 10.5 Å². The molecular formula is C19H25N7O. The molecule has 142 valence electrons. The number of aryl methyl sites for hydroxylation is 5. The van der Waals surface area contributed by atoms with E-state index in [4.69, 9.17) is 0 Å². The van der Waals surface area contributed by atoms with Crippen LogP contribution in [0.1, 0.15) is 29.5 Å². The highest BCUT2D eigenvalue weighted by Gasteiger charge is 2.06. The van der Waals surface area contributed by atoms with Gasteiger partial charge in [-0.3, -0.25) is 4.68 Å². The van der Waals surface area contributed by atoms with E-state index >= 15 is 0 Å². The standard InChI is InChI=1S/C19H25N7O/c1-13-12-14(2)26(23-13)18-8-6-17(7-9-18)22-19(27)20-10-5-11-25-16(4)21-15(3)24-25/h6-9,12H,5,10-11H2,1-4H3,(H2,20,22,27). The Hall–Kier alpha value is -3.16. The van der Waals surface area contributed by atoms with Crippen molar-refractivity contribution in [3.05, 3.63) is 53.4 Å². The van der Waals surface area contributed by atoms with E-state index in [1.807, 2.05) is 67.4 Å². The summed E-state index contributed by atoms with van der Waals surface area (Å²) in [5.74, 6) is 1.65. The molecule has 8 heteroatoms. The topological polar surface area (TPSA) is 89.7 Å². The molecule has 0 saturated carbocycles. The fourth-order valence-electron chi connectivity index (χ4n) is 2.96. The molecule has 3 rings (SSSR count). The largest absolute Gasteiger partial charge is 0.338 e. The summed E-state index contributed by atoms with van der Waals surface area (Å²) in [5, 5.41) is 14.5. The second kappa shape index (κ2) is 8.03. The molecular weight excluding hydrogens is 342 g/mol. The number of hydrogen-bond donors (Lipinski definition) is 2. The lowest BCUT2D eigenvalue weighted by Gasteiger charge is -2.09. The Bertz CT molecular complexity index is 924. The first-order chi connectivity index (χ1) is 12.9. The van der Waals surface area contributed by atoms with Crippen molar-refractivity contribution in [1.29, 1.82) is 0 Å². The second-order valence-electron chi connectivity index (χ2n) is 6.55. The van der Waals surface area contributed by atoms with Gasteiger partial charge >= 0.3 is 6.03 Å². The molecule has 0 unspecified atom stereocenters. The summed E-state index contributed by atoms with van der Waals surface area (Å²) < 4.78 is 3.74. The van der Waals surface area contributed by atoms with Crippen molar-refractivity contribution >= 4 is 11.7 Å². The van der Waals surface area contributed by atoms with Crippen LogP contribution in [0.5, 0.6) is 0 Å². The Morgan fingerprint density at radius 1 is 1.07 bits per heavy atom. The monoisotopic (exact) mass is 367 g/mol. The number of carbonyl (C=O) groups excluding carboxylic acids is 1. The highest BCUT2D eigenvalue weighted by Crippen LogP contribution is 2.15. The van der Waals surface area contributed by atoms with Crippen molar-refractivity contribution < 1.29 is 4.79 Å². The molecule has 2 aromatic heterocycles. The van der Waals surface area contributed by atoms with Crippen LogP contribution in [0.25, 0.3) is 5.69 Å². The Morgan fingerprint density at radius 3 is 2.41 bits per heavy atom. The van der Waals surface area contributed by atoms with Crippen molar-refractivity contribution in [2.24, 2.45) is 0 Å². The van der Waals surface area contributed by atoms with Gasteiger partial charge in [0.1, 0.15) is 11.6 Å². The molecule has 2 amide bonds. The number of benzene rings is 1. The fraction of sp³-hybridized carbons (Fsp3) is 0.368. The number of rotatable bonds is 6. The van der Waals surface area contributed by atoms with Gasteiger partial charge in [-0.2, -0.15) is 10.2 Å². The first kappa shape index (κ1) is 18.6. The normalized spacial score (nSPS) is 10.8. The van der Waals surface area contributed by atoms with Gasteiger partial charge in [0.25, 0.3) is 0 Å². The predicted octanol–water partition coefficient (Wildman–Crippen LogP) is 2.91. The number of aromatic nitrogens is 5. The molecule has 0 spiro atoms. The highest BCUT2D eigenvalue weighted by molar-refractivity contribution is 5.89. The van der Waals surface area contributed by atoms with Crippen LogP contribution in [-0.4, -0.2) is 37.1 Å². The third kappa shape index (κ3) is 4.72. The first-order valence-electron chi connectivity index (χ1n) is 8.99. The van der Waals surface area contributed by atoms with E-state index in [1.165, 1.54) is 0 Å². The summed E-state index contributed by atoms with van der Waals surface area (Å²) in [6.07, 6.45) is 0.786. The lowest BCUT2D eigenvalue weighted by molar-refractivity contribution is 0.251. The average Bonchev–Trinajstić information content (AvgIpc) is 3.12. The number of hydrogen-bond acceptors (Lipinski definition) is 4. The number of carbonyl (C=O) groups is 1. The van der Waals surface area contributed by atoms with Crippen LogP contribution >= 0.6 is 0 Å². The molecule has 0 bridgehead atoms. The molecule has 0 aliphatic heterocycles. The maximum absolute atomic E-state index is 12.0. The fourth-order valence-corrected chi connectivity index (χ4v) is 2.96. The highest BCUT2D eigenvalue weighted by atomic mass is 16.2. The lowest BCUT2D eigenvalue weighted by Crippen LogP contribution is -2.30. The van der Waals surface area contributed by atoms with Crippen molar-refractivity contribution in [2.45, 2.75) is 40.7 Å². The van der Waals surface area contributed by atoms with Gasteiger partial charge < -0.3 is 10.6 Å². The molecule has 0 fully saturated rings. The van der Waals surface area contributed by atoms with Crippen molar-refractivity contribution in [1.82, 2.24) is 29.9 Å². The molecule has 0 atom stereocenters. The quantitative estimate of drug-likeness (QED) is 0.656. The maximum Gasteiger partial charge on any atom is 0.319 e. The van der Waals surface area contributed by atoms with Gasteiger partial charge in [0.2, 0.25) is 0 Å². The summed E-state index contributed by atoms with van der Waals surface area (Å²) in [6, 6.07) is 9.41. The molecule has 3 aromatic rings. The third-order valence-corrected chi connectivity index (χ3v) is 4.17. The summed E-state index contributed by atoms with van der Waals surface area (Å²) in [7, 11) is 0. The smallest absolute Gasteiger partial charge is 0.319 e. The molecule has 2 heterocycles. The summed E-state index contributed by atoms with van der Waals surface area (Å²) in [4.78, 5) is 16.3. The van der Waals surface area contributed by atoms with Crippen LogP contribution in [0.2, 0.25) is 0 Å². The minimum Gasteiger partial charge on any atom is -0.338 e. The van der Waals surface area contributed by atoms with Gasteiger partial charge in [-0.1, -0.05) is 0 Å². The van der Waals surface area contributed by atoms with Gasteiger partial charge in [-0.15, -0.1) is 0 Å². The number of amides is 2. The molecule has 0 saturated heterocycles. The summed E-state index contributed by atoms with van der Waals surface area (Å²) in [6.45, 7) is 9.07. The van der Waals surface area contributed by atoms with Crippen molar-refractivity contribution in [3.8, 4) is 5.69 Å². The Labute approximate surface area is 158 Å². The van der Waals surface area contributed by atoms with E-state index in [9.17, 15) is 4.79 Å². The van der Waals surface area contributed by atoms with Gasteiger partial charge in [0, 0.05) is 24.5 Å². The maximum atomic E-state index is 12.0. The zero-order chi connectivity index (χ0) is 19.4. The zero-order valence-electron chi connectivity index (χ0n) is 16.2. The zero-order valence-corrected chi connectivity index (χ0v) is 16.2. The SMILES string of the molecule is Cc1cc(C)n(-c2ccc(NC(=O)NCCCn3nc(C)nc3C)cc2)n1. The molecule has 0 aliphatic carbocycles. The number of nitrogens with one attached hydrogen (secondary N) is 2. The van der Waals surface area contributed by atoms with Gasteiger partial charge in [-0.05, 0) is 64.4 Å². The van der Waals surface area contributed by atoms with Gasteiger partial charge in [0.15, 0.2) is 0 Å². The summed E-state index contributed by atoms with van der Waals surface area (Å²) >= 11 is 0. The van der Waals surface area contributed by atoms with Crippen molar-refractivity contribution in [3.63, 3.8) is 0 Å². The molecule has 0 radical (unpaired) electrons. The molecule has 8 nitrogen and oxygen atoms in total. The third-order valence-electron chi connectivity index (χ3n) is 4.17. The van der Waals surface area contributed by atoms with Crippen molar-refractivity contribution in [2.75, 3.05) is 11.9 Å². The molecule has 27 heavy (non-hydrogen) atoms.